The van der Waals surface area contributed by atoms with Crippen LogP contribution in [-0.2, 0) is 4.74 Å². The quantitative estimate of drug-likeness (QED) is 0.637. The Hall–Kier alpha value is -0.120. The fraction of sp³-hybridized carbons (Fsp3) is 1.00. The molecule has 1 aliphatic rings. The largest absolute Gasteiger partial charge is 0.379 e. The van der Waals surface area contributed by atoms with Crippen molar-refractivity contribution in [3.8, 4) is 0 Å². The maximum absolute atomic E-state index is 5.18. The lowest BCUT2D eigenvalue weighted by atomic mass is 10.4. The molecule has 0 atom stereocenters. The minimum Gasteiger partial charge on any atom is -0.379 e. The molecule has 0 amide bonds. The van der Waals surface area contributed by atoms with Crippen LogP contribution in [0.1, 0.15) is 13.8 Å². The molecule has 3 nitrogen and oxygen atoms in total. The third-order valence-corrected chi connectivity index (χ3v) is 1.49. The molecule has 1 N–H and O–H groups in total. The van der Waals surface area contributed by atoms with Crippen LogP contribution in [0.2, 0.25) is 0 Å². The number of nitrogens with zero attached hydrogens (tertiary/aromatic N) is 1. The van der Waals surface area contributed by atoms with Gasteiger partial charge in [0.2, 0.25) is 0 Å². The van der Waals surface area contributed by atoms with Crippen molar-refractivity contribution in [3.63, 3.8) is 0 Å². The van der Waals surface area contributed by atoms with Crippen molar-refractivity contribution in [2.45, 2.75) is 13.8 Å². The summed E-state index contributed by atoms with van der Waals surface area (Å²) in [6.45, 7) is 8.91. The lowest BCUT2D eigenvalue weighted by Gasteiger charge is -2.25. The van der Waals surface area contributed by atoms with Crippen molar-refractivity contribution in [2.75, 3.05) is 40.0 Å². The van der Waals surface area contributed by atoms with Gasteiger partial charge in [0.1, 0.15) is 0 Å². The van der Waals surface area contributed by atoms with Crippen LogP contribution in [-0.4, -0.2) is 44.9 Å². The molecule has 1 fully saturated rings. The lowest BCUT2D eigenvalue weighted by molar-refractivity contribution is 0.0352. The number of rotatable bonds is 2. The molecular weight excluding hydrogens is 140 g/mol. The number of ether oxygens (including phenoxy) is 1. The Morgan fingerprint density at radius 3 is 2.27 bits per heavy atom. The molecule has 0 aromatic heterocycles. The average molecular weight is 160 g/mol. The summed E-state index contributed by atoms with van der Waals surface area (Å²) in [6, 6.07) is 0. The Kier molecular flexibility index (Phi) is 7.89. The number of nitrogens with one attached hydrogen (secondary N) is 1. The standard InChI is InChI=1S/C6H14N2O.C2H6/c1-7-6-8-2-4-9-5-3-8;1-2/h7H,2-6H2,1H3;1-2H3. The molecule has 0 aromatic carbocycles. The summed E-state index contributed by atoms with van der Waals surface area (Å²) in [4.78, 5) is 2.34. The molecule has 0 radical (unpaired) electrons. The summed E-state index contributed by atoms with van der Waals surface area (Å²) in [5, 5.41) is 3.11. The lowest BCUT2D eigenvalue weighted by Crippen LogP contribution is -2.40. The molecular formula is C8H20N2O. The van der Waals surface area contributed by atoms with Crippen molar-refractivity contribution in [1.82, 2.24) is 10.2 Å². The van der Waals surface area contributed by atoms with Gasteiger partial charge in [-0.05, 0) is 7.05 Å². The highest BCUT2D eigenvalue weighted by molar-refractivity contribution is 4.58. The molecule has 0 unspecified atom stereocenters. The third kappa shape index (κ3) is 5.18. The summed E-state index contributed by atoms with van der Waals surface area (Å²) in [6.07, 6.45) is 0. The van der Waals surface area contributed by atoms with Crippen LogP contribution in [0.5, 0.6) is 0 Å². The topological polar surface area (TPSA) is 24.5 Å². The van der Waals surface area contributed by atoms with E-state index in [2.05, 4.69) is 10.2 Å². The maximum Gasteiger partial charge on any atom is 0.0594 e. The molecule has 1 aliphatic heterocycles. The molecule has 0 bridgehead atoms. The van der Waals surface area contributed by atoms with Crippen molar-refractivity contribution in [2.24, 2.45) is 0 Å². The first-order valence-electron chi connectivity index (χ1n) is 4.38. The minimum absolute atomic E-state index is 0.891. The van der Waals surface area contributed by atoms with E-state index in [1.165, 1.54) is 0 Å². The van der Waals surface area contributed by atoms with Gasteiger partial charge in [-0.25, -0.2) is 0 Å². The van der Waals surface area contributed by atoms with Crippen LogP contribution in [0.15, 0.2) is 0 Å². The molecule has 0 spiro atoms. The predicted molar refractivity (Wildman–Crippen MR) is 47.7 cm³/mol. The Labute approximate surface area is 69.7 Å². The van der Waals surface area contributed by atoms with E-state index in [1.807, 2.05) is 20.9 Å². The van der Waals surface area contributed by atoms with Crippen molar-refractivity contribution >= 4 is 0 Å². The first-order chi connectivity index (χ1) is 5.43. The van der Waals surface area contributed by atoms with Crippen LogP contribution in [0.25, 0.3) is 0 Å². The van der Waals surface area contributed by atoms with E-state index in [1.54, 1.807) is 0 Å². The van der Waals surface area contributed by atoms with Gasteiger partial charge in [-0.15, -0.1) is 0 Å². The van der Waals surface area contributed by atoms with E-state index in [9.17, 15) is 0 Å². The van der Waals surface area contributed by atoms with Crippen LogP contribution in [0.4, 0.5) is 0 Å². The van der Waals surface area contributed by atoms with E-state index in [-0.39, 0.29) is 0 Å². The molecule has 1 rings (SSSR count). The Bertz CT molecular complexity index is 69.7. The number of hydrogen-bond acceptors (Lipinski definition) is 3. The summed E-state index contributed by atoms with van der Waals surface area (Å²) in [7, 11) is 1.97. The van der Waals surface area contributed by atoms with Crippen LogP contribution in [0, 0.1) is 0 Å². The molecule has 0 saturated carbocycles. The van der Waals surface area contributed by atoms with E-state index in [0.29, 0.717) is 0 Å². The fourth-order valence-corrected chi connectivity index (χ4v) is 0.983. The van der Waals surface area contributed by atoms with Gasteiger partial charge in [-0.1, -0.05) is 13.8 Å². The molecule has 0 aliphatic carbocycles. The highest BCUT2D eigenvalue weighted by atomic mass is 16.5. The van der Waals surface area contributed by atoms with Gasteiger partial charge >= 0.3 is 0 Å². The van der Waals surface area contributed by atoms with Crippen molar-refractivity contribution < 1.29 is 4.74 Å². The predicted octanol–water partition coefficient (Wildman–Crippen LogP) is 0.522. The molecule has 11 heavy (non-hydrogen) atoms. The van der Waals surface area contributed by atoms with Gasteiger partial charge in [0.25, 0.3) is 0 Å². The first kappa shape index (κ1) is 10.9. The highest BCUT2D eigenvalue weighted by Gasteiger charge is 2.07. The normalized spacial score (nSPS) is 18.8. The van der Waals surface area contributed by atoms with Crippen LogP contribution >= 0.6 is 0 Å². The average Bonchev–Trinajstić information content (AvgIpc) is 2.11. The van der Waals surface area contributed by atoms with Crippen molar-refractivity contribution in [3.05, 3.63) is 0 Å². The summed E-state index contributed by atoms with van der Waals surface area (Å²) >= 11 is 0. The second-order valence-electron chi connectivity index (χ2n) is 2.24. The highest BCUT2D eigenvalue weighted by Crippen LogP contribution is 1.92. The maximum atomic E-state index is 5.18. The minimum atomic E-state index is 0.891. The van der Waals surface area contributed by atoms with Gasteiger partial charge in [0.15, 0.2) is 0 Å². The zero-order valence-corrected chi connectivity index (χ0v) is 7.89. The molecule has 68 valence electrons. The van der Waals surface area contributed by atoms with E-state index in [0.717, 1.165) is 33.0 Å². The smallest absolute Gasteiger partial charge is 0.0594 e. The summed E-state index contributed by atoms with van der Waals surface area (Å²) in [5.41, 5.74) is 0. The van der Waals surface area contributed by atoms with E-state index in [4.69, 9.17) is 4.74 Å². The fourth-order valence-electron chi connectivity index (χ4n) is 0.983. The molecule has 1 saturated heterocycles. The van der Waals surface area contributed by atoms with Gasteiger partial charge in [0.05, 0.1) is 13.2 Å². The SMILES string of the molecule is CC.CNCN1CCOCC1. The summed E-state index contributed by atoms with van der Waals surface area (Å²) in [5.74, 6) is 0. The van der Waals surface area contributed by atoms with E-state index >= 15 is 0 Å². The second kappa shape index (κ2) is 7.98. The summed E-state index contributed by atoms with van der Waals surface area (Å²) < 4.78 is 5.18. The van der Waals surface area contributed by atoms with Gasteiger partial charge in [0, 0.05) is 19.8 Å². The molecule has 1 heterocycles. The number of morpholine rings is 1. The monoisotopic (exact) mass is 160 g/mol. The van der Waals surface area contributed by atoms with Crippen LogP contribution in [0.3, 0.4) is 0 Å². The molecule has 3 heteroatoms. The Balaban J connectivity index is 0.000000461. The Morgan fingerprint density at radius 1 is 1.27 bits per heavy atom. The van der Waals surface area contributed by atoms with Gasteiger partial charge in [-0.2, -0.15) is 0 Å². The third-order valence-electron chi connectivity index (χ3n) is 1.49. The number of hydrogen-bond donors (Lipinski definition) is 1. The van der Waals surface area contributed by atoms with Gasteiger partial charge in [-0.3, -0.25) is 4.90 Å². The zero-order chi connectivity index (χ0) is 8.53. The van der Waals surface area contributed by atoms with E-state index < -0.39 is 0 Å². The zero-order valence-electron chi connectivity index (χ0n) is 7.89. The van der Waals surface area contributed by atoms with Crippen molar-refractivity contribution in [1.29, 1.82) is 0 Å². The van der Waals surface area contributed by atoms with Gasteiger partial charge < -0.3 is 10.1 Å². The second-order valence-corrected chi connectivity index (χ2v) is 2.24. The van der Waals surface area contributed by atoms with Crippen LogP contribution < -0.4 is 5.32 Å². The first-order valence-corrected chi connectivity index (χ1v) is 4.38. The Morgan fingerprint density at radius 2 is 1.82 bits per heavy atom. The molecule has 0 aromatic rings.